The van der Waals surface area contributed by atoms with Crippen molar-refractivity contribution in [1.29, 1.82) is 0 Å². The summed E-state index contributed by atoms with van der Waals surface area (Å²) in [7, 11) is 1.55. The summed E-state index contributed by atoms with van der Waals surface area (Å²) in [6.07, 6.45) is 3.31. The number of carbonyl (C=O) groups is 2. The number of ketones is 1. The third-order valence-corrected chi connectivity index (χ3v) is 8.46. The number of aryl methyl sites for hydroxylation is 1. The van der Waals surface area contributed by atoms with E-state index in [1.54, 1.807) is 13.2 Å². The van der Waals surface area contributed by atoms with E-state index in [1.807, 2.05) is 43.9 Å². The fourth-order valence-electron chi connectivity index (χ4n) is 6.04. The van der Waals surface area contributed by atoms with Crippen LogP contribution in [0.2, 0.25) is 0 Å². The highest BCUT2D eigenvalue weighted by atomic mass is 16.5. The fraction of sp³-hybridized carbons (Fsp3) is 0.516. The Morgan fingerprint density at radius 2 is 1.82 bits per heavy atom. The number of fused-ring (bicyclic) bond motifs is 1. The molecule has 2 aromatic heterocycles. The average molecular weight is 520 g/mol. The number of piperidine rings is 1. The zero-order chi connectivity index (χ0) is 27.6. The Hall–Kier alpha value is -3.35. The largest absolute Gasteiger partial charge is 0.496 e. The van der Waals surface area contributed by atoms with Crippen LogP contribution in [0.5, 0.6) is 5.75 Å². The Morgan fingerprint density at radius 3 is 2.47 bits per heavy atom. The molecular weight excluding hydrogens is 478 g/mol. The van der Waals surface area contributed by atoms with E-state index < -0.39 is 0 Å². The number of benzene rings is 1. The third kappa shape index (κ3) is 5.29. The number of amides is 1. The lowest BCUT2D eigenvalue weighted by molar-refractivity contribution is -0.136. The van der Waals surface area contributed by atoms with Crippen molar-refractivity contribution in [3.8, 4) is 5.75 Å². The molecule has 1 amide bonds. The van der Waals surface area contributed by atoms with E-state index in [0.29, 0.717) is 23.7 Å². The zero-order valence-corrected chi connectivity index (χ0v) is 23.6. The number of aromatic nitrogens is 2. The SMILES string of the molecule is CCC(C)C(=O)N1CCC([C@@H](C)n2c(C)c(C(=O)CCc3c(OC)cc(C)[nH]c3=O)c3ccccc32)CC1. The number of nitrogens with one attached hydrogen (secondary N) is 1. The minimum absolute atomic E-state index is 0.0284. The maximum atomic E-state index is 13.6. The van der Waals surface area contributed by atoms with Gasteiger partial charge in [0, 0.05) is 59.3 Å². The van der Waals surface area contributed by atoms with Crippen LogP contribution in [-0.4, -0.2) is 46.3 Å². The number of hydrogen-bond donors (Lipinski definition) is 1. The lowest BCUT2D eigenvalue weighted by atomic mass is 9.89. The molecule has 1 aliphatic rings. The van der Waals surface area contributed by atoms with Gasteiger partial charge in [-0.05, 0) is 64.5 Å². The van der Waals surface area contributed by atoms with Crippen molar-refractivity contribution in [2.24, 2.45) is 11.8 Å². The third-order valence-electron chi connectivity index (χ3n) is 8.46. The predicted molar refractivity (Wildman–Crippen MR) is 151 cm³/mol. The van der Waals surface area contributed by atoms with Crippen molar-refractivity contribution >= 4 is 22.6 Å². The zero-order valence-electron chi connectivity index (χ0n) is 23.6. The minimum Gasteiger partial charge on any atom is -0.496 e. The average Bonchev–Trinajstić information content (AvgIpc) is 3.22. The van der Waals surface area contributed by atoms with Gasteiger partial charge < -0.3 is 19.2 Å². The van der Waals surface area contributed by atoms with Gasteiger partial charge in [0.2, 0.25) is 5.91 Å². The second-order valence-electron chi connectivity index (χ2n) is 10.8. The van der Waals surface area contributed by atoms with Crippen molar-refractivity contribution in [2.45, 2.75) is 72.8 Å². The van der Waals surface area contributed by atoms with E-state index in [-0.39, 0.29) is 35.6 Å². The van der Waals surface area contributed by atoms with Crippen molar-refractivity contribution in [3.63, 3.8) is 0 Å². The predicted octanol–water partition coefficient (Wildman–Crippen LogP) is 5.62. The van der Waals surface area contributed by atoms with Gasteiger partial charge in [0.15, 0.2) is 5.78 Å². The molecule has 0 bridgehead atoms. The molecule has 1 fully saturated rings. The minimum atomic E-state index is -0.208. The number of ether oxygens (including phenoxy) is 1. The van der Waals surface area contributed by atoms with Crippen LogP contribution in [0.25, 0.3) is 10.9 Å². The molecule has 7 heteroatoms. The number of likely N-dealkylation sites (tertiary alicyclic amines) is 1. The number of Topliss-reactive ketones (excluding diaryl/α,β-unsaturated/α-hetero) is 1. The number of aromatic amines is 1. The lowest BCUT2D eigenvalue weighted by Gasteiger charge is -2.37. The van der Waals surface area contributed by atoms with Gasteiger partial charge in [0.05, 0.1) is 12.7 Å². The Labute approximate surface area is 225 Å². The number of hydrogen-bond acceptors (Lipinski definition) is 4. The maximum absolute atomic E-state index is 13.6. The maximum Gasteiger partial charge on any atom is 0.255 e. The van der Waals surface area contributed by atoms with Crippen LogP contribution >= 0.6 is 0 Å². The Kier molecular flexibility index (Phi) is 8.44. The molecule has 2 atom stereocenters. The number of H-pyrrole nitrogens is 1. The first-order valence-electron chi connectivity index (χ1n) is 13.9. The summed E-state index contributed by atoms with van der Waals surface area (Å²) in [6.45, 7) is 11.7. The highest BCUT2D eigenvalue weighted by Gasteiger charge is 2.31. The highest BCUT2D eigenvalue weighted by Crippen LogP contribution is 2.36. The summed E-state index contributed by atoms with van der Waals surface area (Å²) in [5.41, 5.74) is 3.78. The van der Waals surface area contributed by atoms with Gasteiger partial charge in [0.25, 0.3) is 5.56 Å². The van der Waals surface area contributed by atoms with Gasteiger partial charge in [-0.3, -0.25) is 14.4 Å². The summed E-state index contributed by atoms with van der Waals surface area (Å²) in [5.74, 6) is 1.30. The first-order chi connectivity index (χ1) is 18.2. The number of methoxy groups -OCH3 is 1. The lowest BCUT2D eigenvalue weighted by Crippen LogP contribution is -2.42. The molecule has 0 aliphatic carbocycles. The van der Waals surface area contributed by atoms with Gasteiger partial charge in [-0.2, -0.15) is 0 Å². The molecule has 0 radical (unpaired) electrons. The van der Waals surface area contributed by atoms with Crippen molar-refractivity contribution < 1.29 is 14.3 Å². The van der Waals surface area contributed by atoms with Gasteiger partial charge in [-0.25, -0.2) is 0 Å². The normalized spacial score (nSPS) is 16.0. The molecule has 1 unspecified atom stereocenters. The van der Waals surface area contributed by atoms with Gasteiger partial charge in [0.1, 0.15) is 5.75 Å². The number of nitrogens with zero attached hydrogens (tertiary/aromatic N) is 2. The van der Waals surface area contributed by atoms with Crippen LogP contribution in [0.1, 0.15) is 79.8 Å². The number of carbonyl (C=O) groups excluding carboxylic acids is 2. The van der Waals surface area contributed by atoms with E-state index in [4.69, 9.17) is 4.74 Å². The van der Waals surface area contributed by atoms with Gasteiger partial charge in [-0.1, -0.05) is 32.0 Å². The molecule has 3 aromatic rings. The molecule has 7 nitrogen and oxygen atoms in total. The fourth-order valence-corrected chi connectivity index (χ4v) is 6.04. The summed E-state index contributed by atoms with van der Waals surface area (Å²) in [4.78, 5) is 43.7. The van der Waals surface area contributed by atoms with E-state index >= 15 is 0 Å². The summed E-state index contributed by atoms with van der Waals surface area (Å²) < 4.78 is 7.74. The van der Waals surface area contributed by atoms with Crippen LogP contribution in [0.15, 0.2) is 35.1 Å². The molecule has 1 N–H and O–H groups in total. The van der Waals surface area contributed by atoms with E-state index in [1.165, 1.54) is 0 Å². The first-order valence-corrected chi connectivity index (χ1v) is 13.9. The van der Waals surface area contributed by atoms with E-state index in [0.717, 1.165) is 60.2 Å². The molecule has 1 aliphatic heterocycles. The molecule has 1 saturated heterocycles. The van der Waals surface area contributed by atoms with Crippen LogP contribution < -0.4 is 10.3 Å². The number of para-hydroxylation sites is 1. The first kappa shape index (κ1) is 27.7. The van der Waals surface area contributed by atoms with Crippen LogP contribution in [0.4, 0.5) is 0 Å². The molecular formula is C31H41N3O4. The smallest absolute Gasteiger partial charge is 0.255 e. The molecule has 0 saturated carbocycles. The monoisotopic (exact) mass is 519 g/mol. The van der Waals surface area contributed by atoms with Crippen molar-refractivity contribution in [2.75, 3.05) is 20.2 Å². The quantitative estimate of drug-likeness (QED) is 0.372. The second kappa shape index (κ2) is 11.6. The van der Waals surface area contributed by atoms with Gasteiger partial charge >= 0.3 is 0 Å². The molecule has 3 heterocycles. The molecule has 1 aromatic carbocycles. The molecule has 38 heavy (non-hydrogen) atoms. The summed E-state index contributed by atoms with van der Waals surface area (Å²) in [6, 6.07) is 10.1. The molecule has 204 valence electrons. The Bertz CT molecular complexity index is 1380. The standard InChI is InChI=1S/C31H41N3O4/c1-7-19(2)31(37)33-16-14-23(15-17-33)21(4)34-22(5)29(24-10-8-9-11-26(24)34)27(35)13-12-25-28(38-6)18-20(3)32-30(25)36/h8-11,18-19,21,23H,7,12-17H2,1-6H3,(H,32,36)/t19?,21-/m1/s1. The van der Waals surface area contributed by atoms with Crippen molar-refractivity contribution in [1.82, 2.24) is 14.5 Å². The van der Waals surface area contributed by atoms with Gasteiger partial charge in [-0.15, -0.1) is 0 Å². The second-order valence-corrected chi connectivity index (χ2v) is 10.8. The summed E-state index contributed by atoms with van der Waals surface area (Å²) in [5, 5.41) is 0.955. The van der Waals surface area contributed by atoms with Crippen LogP contribution in [0.3, 0.4) is 0 Å². The summed E-state index contributed by atoms with van der Waals surface area (Å²) >= 11 is 0. The molecule has 4 rings (SSSR count). The number of rotatable bonds is 9. The number of pyridine rings is 1. The Balaban J connectivity index is 1.57. The highest BCUT2D eigenvalue weighted by molar-refractivity contribution is 6.09. The van der Waals surface area contributed by atoms with E-state index in [9.17, 15) is 14.4 Å². The van der Waals surface area contributed by atoms with Crippen molar-refractivity contribution in [3.05, 3.63) is 63.2 Å². The Morgan fingerprint density at radius 1 is 1.13 bits per heavy atom. The van der Waals surface area contributed by atoms with Crippen LogP contribution in [-0.2, 0) is 11.2 Å². The topological polar surface area (TPSA) is 84.4 Å². The van der Waals surface area contributed by atoms with Crippen LogP contribution in [0, 0.1) is 25.7 Å². The molecule has 0 spiro atoms. The van der Waals surface area contributed by atoms with E-state index in [2.05, 4.69) is 29.5 Å².